The third-order valence-corrected chi connectivity index (χ3v) is 3.89. The maximum absolute atomic E-state index is 10.4. The Morgan fingerprint density at radius 3 is 2.89 bits per heavy atom. The van der Waals surface area contributed by atoms with Crippen molar-refractivity contribution in [1.29, 1.82) is 0 Å². The summed E-state index contributed by atoms with van der Waals surface area (Å²) in [5.74, 6) is 0.511. The minimum absolute atomic E-state index is 0.364. The SMILES string of the molecule is OC(c1occc1Br)C1OCCc2ccccc21. The molecule has 2 atom stereocenters. The van der Waals surface area contributed by atoms with Crippen LogP contribution in [0.4, 0.5) is 0 Å². The lowest BCUT2D eigenvalue weighted by Gasteiger charge is -2.29. The van der Waals surface area contributed by atoms with Gasteiger partial charge in [-0.05, 0) is 39.5 Å². The molecule has 0 saturated heterocycles. The summed E-state index contributed by atoms with van der Waals surface area (Å²) < 4.78 is 11.8. The second kappa shape index (κ2) is 4.88. The number of halogens is 1. The number of fused-ring (bicyclic) bond motifs is 1. The highest BCUT2D eigenvalue weighted by Gasteiger charge is 2.31. The average molecular weight is 309 g/mol. The summed E-state index contributed by atoms with van der Waals surface area (Å²) in [7, 11) is 0. The molecule has 2 unspecified atom stereocenters. The number of furan rings is 1. The zero-order chi connectivity index (χ0) is 12.5. The third-order valence-electron chi connectivity index (χ3n) is 3.23. The molecule has 1 aromatic heterocycles. The van der Waals surface area contributed by atoms with E-state index in [4.69, 9.17) is 9.15 Å². The van der Waals surface area contributed by atoms with Gasteiger partial charge < -0.3 is 14.3 Å². The lowest BCUT2D eigenvalue weighted by molar-refractivity contribution is -0.0566. The van der Waals surface area contributed by atoms with Crippen LogP contribution < -0.4 is 0 Å². The van der Waals surface area contributed by atoms with E-state index in [9.17, 15) is 5.11 Å². The molecule has 3 rings (SSSR count). The van der Waals surface area contributed by atoms with E-state index in [2.05, 4.69) is 22.0 Å². The topological polar surface area (TPSA) is 42.6 Å². The van der Waals surface area contributed by atoms with Crippen molar-refractivity contribution in [3.8, 4) is 0 Å². The van der Waals surface area contributed by atoms with Crippen LogP contribution in [0.5, 0.6) is 0 Å². The molecule has 0 amide bonds. The zero-order valence-electron chi connectivity index (χ0n) is 9.67. The number of rotatable bonds is 2. The largest absolute Gasteiger partial charge is 0.465 e. The van der Waals surface area contributed by atoms with Crippen LogP contribution in [0.1, 0.15) is 29.1 Å². The molecule has 0 spiro atoms. The molecule has 1 aromatic carbocycles. The normalized spacial score (nSPS) is 20.4. The van der Waals surface area contributed by atoms with Crippen LogP contribution in [0.15, 0.2) is 45.5 Å². The molecule has 1 aliphatic heterocycles. The number of benzene rings is 1. The zero-order valence-corrected chi connectivity index (χ0v) is 11.3. The maximum Gasteiger partial charge on any atom is 0.149 e. The van der Waals surface area contributed by atoms with Crippen molar-refractivity contribution in [1.82, 2.24) is 0 Å². The Balaban J connectivity index is 1.97. The smallest absolute Gasteiger partial charge is 0.149 e. The highest BCUT2D eigenvalue weighted by Crippen LogP contribution is 2.39. The molecular weight excluding hydrogens is 296 g/mol. The molecule has 0 saturated carbocycles. The first kappa shape index (κ1) is 12.0. The molecule has 4 heteroatoms. The van der Waals surface area contributed by atoms with Crippen LogP contribution in [0.25, 0.3) is 0 Å². The first-order chi connectivity index (χ1) is 8.77. The van der Waals surface area contributed by atoms with Crippen LogP contribution in [-0.4, -0.2) is 11.7 Å². The monoisotopic (exact) mass is 308 g/mol. The van der Waals surface area contributed by atoms with Crippen LogP contribution in [-0.2, 0) is 11.2 Å². The number of aliphatic hydroxyl groups excluding tert-OH is 1. The van der Waals surface area contributed by atoms with Crippen molar-refractivity contribution in [2.45, 2.75) is 18.6 Å². The highest BCUT2D eigenvalue weighted by atomic mass is 79.9. The van der Waals surface area contributed by atoms with Crippen molar-refractivity contribution in [3.63, 3.8) is 0 Å². The van der Waals surface area contributed by atoms with Gasteiger partial charge in [0, 0.05) is 0 Å². The lowest BCUT2D eigenvalue weighted by Crippen LogP contribution is -2.22. The second-order valence-corrected chi connectivity index (χ2v) is 5.17. The van der Waals surface area contributed by atoms with Gasteiger partial charge in [0.15, 0.2) is 0 Å². The molecule has 1 aliphatic rings. The molecule has 0 radical (unpaired) electrons. The van der Waals surface area contributed by atoms with Crippen molar-refractivity contribution in [2.75, 3.05) is 6.61 Å². The van der Waals surface area contributed by atoms with E-state index >= 15 is 0 Å². The Morgan fingerprint density at radius 1 is 1.28 bits per heavy atom. The van der Waals surface area contributed by atoms with Gasteiger partial charge in [0.2, 0.25) is 0 Å². The van der Waals surface area contributed by atoms with Crippen LogP contribution in [0, 0.1) is 0 Å². The summed E-state index contributed by atoms with van der Waals surface area (Å²) in [5, 5.41) is 10.4. The second-order valence-electron chi connectivity index (χ2n) is 4.32. The minimum Gasteiger partial charge on any atom is -0.465 e. The van der Waals surface area contributed by atoms with Gasteiger partial charge >= 0.3 is 0 Å². The van der Waals surface area contributed by atoms with Gasteiger partial charge in [0.05, 0.1) is 17.3 Å². The predicted octanol–water partition coefficient (Wildman–Crippen LogP) is 3.39. The lowest BCUT2D eigenvalue weighted by atomic mass is 9.93. The van der Waals surface area contributed by atoms with Crippen LogP contribution in [0.3, 0.4) is 0 Å². The van der Waals surface area contributed by atoms with E-state index < -0.39 is 6.10 Å². The molecule has 0 aliphatic carbocycles. The molecule has 3 nitrogen and oxygen atoms in total. The fourth-order valence-corrected chi connectivity index (χ4v) is 2.78. The summed E-state index contributed by atoms with van der Waals surface area (Å²) in [6.07, 6.45) is 1.28. The van der Waals surface area contributed by atoms with Crippen LogP contribution >= 0.6 is 15.9 Å². The maximum atomic E-state index is 10.4. The molecule has 0 bridgehead atoms. The van der Waals surface area contributed by atoms with E-state index in [0.717, 1.165) is 16.5 Å². The van der Waals surface area contributed by atoms with Gasteiger partial charge in [-0.15, -0.1) is 0 Å². The predicted molar refractivity (Wildman–Crippen MR) is 70.2 cm³/mol. The molecule has 94 valence electrons. The molecule has 0 fully saturated rings. The van der Waals surface area contributed by atoms with Gasteiger partial charge in [0.1, 0.15) is 18.0 Å². The number of ether oxygens (including phenoxy) is 1. The molecule has 18 heavy (non-hydrogen) atoms. The van der Waals surface area contributed by atoms with Crippen molar-refractivity contribution in [2.24, 2.45) is 0 Å². The van der Waals surface area contributed by atoms with Gasteiger partial charge in [0.25, 0.3) is 0 Å². The first-order valence-corrected chi connectivity index (χ1v) is 6.67. The van der Waals surface area contributed by atoms with E-state index in [1.165, 1.54) is 5.56 Å². The standard InChI is InChI=1S/C14H13BrO3/c15-11-6-8-18-14(11)12(16)13-10-4-2-1-3-9(10)5-7-17-13/h1-4,6,8,12-13,16H,5,7H2. The van der Waals surface area contributed by atoms with Crippen molar-refractivity contribution >= 4 is 15.9 Å². The average Bonchev–Trinajstić information content (AvgIpc) is 2.83. The fourth-order valence-electron chi connectivity index (χ4n) is 2.34. The van der Waals surface area contributed by atoms with Crippen molar-refractivity contribution in [3.05, 3.63) is 58.0 Å². The van der Waals surface area contributed by atoms with Gasteiger partial charge in [-0.25, -0.2) is 0 Å². The number of hydrogen-bond donors (Lipinski definition) is 1. The molecule has 2 heterocycles. The van der Waals surface area contributed by atoms with Gasteiger partial charge in [-0.2, -0.15) is 0 Å². The summed E-state index contributed by atoms with van der Waals surface area (Å²) in [5.41, 5.74) is 2.27. The van der Waals surface area contributed by atoms with Crippen LogP contribution in [0.2, 0.25) is 0 Å². The molecular formula is C14H13BrO3. The summed E-state index contributed by atoms with van der Waals surface area (Å²) in [4.78, 5) is 0. The summed E-state index contributed by atoms with van der Waals surface area (Å²) in [6, 6.07) is 9.82. The van der Waals surface area contributed by atoms with E-state index in [1.807, 2.05) is 18.2 Å². The third kappa shape index (κ3) is 2.00. The van der Waals surface area contributed by atoms with E-state index in [0.29, 0.717) is 12.4 Å². The summed E-state index contributed by atoms with van der Waals surface area (Å²) >= 11 is 3.36. The van der Waals surface area contributed by atoms with Crippen molar-refractivity contribution < 1.29 is 14.3 Å². The number of aliphatic hydroxyl groups is 1. The Kier molecular flexibility index (Phi) is 3.24. The Labute approximate surface area is 114 Å². The van der Waals surface area contributed by atoms with E-state index in [-0.39, 0.29) is 6.10 Å². The van der Waals surface area contributed by atoms with E-state index in [1.54, 1.807) is 12.3 Å². The Morgan fingerprint density at radius 2 is 2.11 bits per heavy atom. The Bertz CT molecular complexity index is 549. The quantitative estimate of drug-likeness (QED) is 0.924. The van der Waals surface area contributed by atoms with Gasteiger partial charge in [-0.3, -0.25) is 0 Å². The number of hydrogen-bond acceptors (Lipinski definition) is 3. The first-order valence-electron chi connectivity index (χ1n) is 5.87. The highest BCUT2D eigenvalue weighted by molar-refractivity contribution is 9.10. The fraction of sp³-hybridized carbons (Fsp3) is 0.286. The molecule has 2 aromatic rings. The van der Waals surface area contributed by atoms with Gasteiger partial charge in [-0.1, -0.05) is 24.3 Å². The minimum atomic E-state index is -0.796. The summed E-state index contributed by atoms with van der Waals surface area (Å²) in [6.45, 7) is 0.622. The molecule has 1 N–H and O–H groups in total. The Hall–Kier alpha value is -1.10.